The smallest absolute Gasteiger partial charge is 0.311 e. The molecule has 0 spiro atoms. The first kappa shape index (κ1) is 31.4. The minimum Gasteiger partial charge on any atom is -0.459 e. The lowest BCUT2D eigenvalue weighted by Gasteiger charge is -2.40. The van der Waals surface area contributed by atoms with E-state index in [-0.39, 0.29) is 35.5 Å². The first-order chi connectivity index (χ1) is 15.9. The van der Waals surface area contributed by atoms with Gasteiger partial charge in [-0.3, -0.25) is 14.4 Å². The predicted octanol–water partition coefficient (Wildman–Crippen LogP) is 4.82. The summed E-state index contributed by atoms with van der Waals surface area (Å²) < 4.78 is 10.9. The Bertz CT molecular complexity index is 697. The lowest BCUT2D eigenvalue weighted by molar-refractivity contribution is -0.172. The summed E-state index contributed by atoms with van der Waals surface area (Å²) in [6.45, 7) is 21.6. The van der Waals surface area contributed by atoms with Crippen molar-refractivity contribution in [3.63, 3.8) is 0 Å². The van der Waals surface area contributed by atoms with Gasteiger partial charge >= 0.3 is 5.97 Å². The van der Waals surface area contributed by atoms with Crippen LogP contribution in [0.2, 0.25) is 0 Å². The minimum absolute atomic E-state index is 0.0307. The largest absolute Gasteiger partial charge is 0.459 e. The van der Waals surface area contributed by atoms with E-state index in [4.69, 9.17) is 9.47 Å². The molecule has 2 aliphatic rings. The molecule has 2 rings (SSSR count). The fourth-order valence-electron chi connectivity index (χ4n) is 4.47. The Morgan fingerprint density at radius 3 is 2.06 bits per heavy atom. The van der Waals surface area contributed by atoms with Crippen LogP contribution in [0.3, 0.4) is 0 Å². The average molecular weight is 497 g/mol. The second kappa shape index (κ2) is 12.6. The number of nitrogens with one attached hydrogen (secondary N) is 1. The molecule has 1 aliphatic heterocycles. The summed E-state index contributed by atoms with van der Waals surface area (Å²) in [5, 5.41) is 3.01. The first-order valence-corrected chi connectivity index (χ1v) is 13.2. The average Bonchev–Trinajstić information content (AvgIpc) is 2.71. The molecule has 204 valence electrons. The molecule has 0 aromatic carbocycles. The highest BCUT2D eigenvalue weighted by Gasteiger charge is 2.38. The van der Waals surface area contributed by atoms with Crippen molar-refractivity contribution in [3.05, 3.63) is 0 Å². The number of hydrogen-bond donors (Lipinski definition) is 1. The molecule has 7 nitrogen and oxygen atoms in total. The number of esters is 1. The van der Waals surface area contributed by atoms with Crippen LogP contribution in [0.5, 0.6) is 0 Å². The highest BCUT2D eigenvalue weighted by molar-refractivity contribution is 5.84. The molecule has 2 amide bonds. The van der Waals surface area contributed by atoms with Crippen molar-refractivity contribution >= 4 is 18.3 Å². The number of carbonyl (C=O) groups is 3. The first-order valence-electron chi connectivity index (χ1n) is 13.2. The third-order valence-corrected chi connectivity index (χ3v) is 7.22. The molecule has 0 unspecified atom stereocenters. The van der Waals surface area contributed by atoms with Gasteiger partial charge in [0.15, 0.2) is 0 Å². The quantitative estimate of drug-likeness (QED) is 0.436. The molecule has 1 aliphatic carbocycles. The molecule has 1 saturated heterocycles. The molecule has 2 fully saturated rings. The standard InChI is InChI=1S/C16H30N2O2.C12H22O3/c1-15(2,3)17-14(20)13(18(6)11-19)12-7-9-16(4,5)10-8-12;1-8-6-14-7-10(9(8)2)15-11(13)12(3,4)5/h11-13H,7-10H2,1-6H3,(H,17,20);8-10H,6-7H2,1-5H3/t13-;8-,9-,10-/m01/s1. The van der Waals surface area contributed by atoms with Crippen molar-refractivity contribution < 1.29 is 23.9 Å². The molecule has 1 N–H and O–H groups in total. The number of nitrogens with zero attached hydrogens (tertiary/aromatic N) is 1. The van der Waals surface area contributed by atoms with E-state index in [2.05, 4.69) is 33.0 Å². The van der Waals surface area contributed by atoms with E-state index < -0.39 is 5.41 Å². The predicted molar refractivity (Wildman–Crippen MR) is 140 cm³/mol. The van der Waals surface area contributed by atoms with E-state index in [1.807, 2.05) is 41.5 Å². The maximum absolute atomic E-state index is 12.5. The van der Waals surface area contributed by atoms with Crippen LogP contribution in [0.4, 0.5) is 0 Å². The number of amides is 2. The molecule has 0 aromatic rings. The zero-order chi connectivity index (χ0) is 27.2. The van der Waals surface area contributed by atoms with E-state index in [0.717, 1.165) is 38.7 Å². The summed E-state index contributed by atoms with van der Waals surface area (Å²) in [4.78, 5) is 36.9. The summed E-state index contributed by atoms with van der Waals surface area (Å²) in [6, 6.07) is -0.345. The fraction of sp³-hybridized carbons (Fsp3) is 0.893. The van der Waals surface area contributed by atoms with Crippen molar-refractivity contribution in [2.75, 3.05) is 20.3 Å². The molecule has 4 atom stereocenters. The van der Waals surface area contributed by atoms with E-state index in [1.165, 1.54) is 4.90 Å². The summed E-state index contributed by atoms with van der Waals surface area (Å²) in [6.07, 6.45) is 4.93. The van der Waals surface area contributed by atoms with Crippen molar-refractivity contribution in [3.8, 4) is 0 Å². The Morgan fingerprint density at radius 1 is 1.06 bits per heavy atom. The lowest BCUT2D eigenvalue weighted by atomic mass is 9.70. The molecule has 0 aromatic heterocycles. The third kappa shape index (κ3) is 10.5. The molecule has 0 radical (unpaired) electrons. The van der Waals surface area contributed by atoms with Crippen LogP contribution in [0.1, 0.15) is 94.9 Å². The Kier molecular flexibility index (Phi) is 11.3. The summed E-state index contributed by atoms with van der Waals surface area (Å²) in [5.41, 5.74) is -0.339. The van der Waals surface area contributed by atoms with Crippen molar-refractivity contribution in [2.45, 2.75) is 113 Å². The van der Waals surface area contributed by atoms with Crippen LogP contribution in [0.25, 0.3) is 0 Å². The summed E-state index contributed by atoms with van der Waals surface area (Å²) in [7, 11) is 1.71. The molecular formula is C28H52N2O5. The van der Waals surface area contributed by atoms with E-state index in [9.17, 15) is 14.4 Å². The van der Waals surface area contributed by atoms with Crippen LogP contribution in [-0.2, 0) is 23.9 Å². The van der Waals surface area contributed by atoms with Gasteiger partial charge in [-0.15, -0.1) is 0 Å². The molecule has 35 heavy (non-hydrogen) atoms. The molecule has 7 heteroatoms. The van der Waals surface area contributed by atoms with Gasteiger partial charge in [0.05, 0.1) is 12.0 Å². The van der Waals surface area contributed by atoms with E-state index in [1.54, 1.807) is 7.05 Å². The van der Waals surface area contributed by atoms with Gasteiger partial charge in [-0.1, -0.05) is 27.7 Å². The number of carbonyl (C=O) groups excluding carboxylic acids is 3. The lowest BCUT2D eigenvalue weighted by Crippen LogP contribution is -2.54. The normalized spacial score (nSPS) is 26.0. The second-order valence-electron chi connectivity index (χ2n) is 13.5. The number of rotatable bonds is 5. The van der Waals surface area contributed by atoms with Gasteiger partial charge < -0.3 is 19.7 Å². The Hall–Kier alpha value is -1.63. The van der Waals surface area contributed by atoms with Crippen LogP contribution in [0.15, 0.2) is 0 Å². The number of ether oxygens (including phenoxy) is 2. The van der Waals surface area contributed by atoms with Gasteiger partial charge in [0, 0.05) is 25.1 Å². The summed E-state index contributed by atoms with van der Waals surface area (Å²) in [5.74, 6) is 0.927. The molecule has 0 bridgehead atoms. The van der Waals surface area contributed by atoms with Crippen molar-refractivity contribution in [1.29, 1.82) is 0 Å². The number of hydrogen-bond acceptors (Lipinski definition) is 5. The highest BCUT2D eigenvalue weighted by Crippen LogP contribution is 2.40. The Morgan fingerprint density at radius 2 is 1.60 bits per heavy atom. The van der Waals surface area contributed by atoms with Crippen LogP contribution < -0.4 is 5.32 Å². The monoisotopic (exact) mass is 496 g/mol. The fourth-order valence-corrected chi connectivity index (χ4v) is 4.47. The van der Waals surface area contributed by atoms with Gasteiger partial charge in [-0.05, 0) is 84.5 Å². The Labute approximate surface area is 214 Å². The van der Waals surface area contributed by atoms with Gasteiger partial charge in [-0.2, -0.15) is 0 Å². The van der Waals surface area contributed by atoms with Crippen molar-refractivity contribution in [2.24, 2.45) is 28.6 Å². The number of likely N-dealkylation sites (N-methyl/N-ethyl adjacent to an activating group) is 1. The van der Waals surface area contributed by atoms with Gasteiger partial charge in [-0.25, -0.2) is 0 Å². The SMILES string of the molecule is CN(C=O)[C@H](C(=O)NC(C)(C)C)C1CCC(C)(C)CC1.C[C@@H]1[C@H](C)COC[C@H]1OC(=O)C(C)(C)C. The molecule has 1 heterocycles. The maximum Gasteiger partial charge on any atom is 0.311 e. The van der Waals surface area contributed by atoms with Gasteiger partial charge in [0.25, 0.3) is 0 Å². The third-order valence-electron chi connectivity index (χ3n) is 7.22. The highest BCUT2D eigenvalue weighted by atomic mass is 16.6. The molecular weight excluding hydrogens is 444 g/mol. The summed E-state index contributed by atoms with van der Waals surface area (Å²) >= 11 is 0. The van der Waals surface area contributed by atoms with Gasteiger partial charge in [0.1, 0.15) is 12.1 Å². The Balaban J connectivity index is 0.000000365. The second-order valence-corrected chi connectivity index (χ2v) is 13.5. The minimum atomic E-state index is -0.430. The topological polar surface area (TPSA) is 84.9 Å². The van der Waals surface area contributed by atoms with Crippen LogP contribution in [-0.4, -0.2) is 61.1 Å². The van der Waals surface area contributed by atoms with E-state index >= 15 is 0 Å². The zero-order valence-corrected chi connectivity index (χ0v) is 24.2. The van der Waals surface area contributed by atoms with Crippen molar-refractivity contribution in [1.82, 2.24) is 10.2 Å². The van der Waals surface area contributed by atoms with Gasteiger partial charge in [0.2, 0.25) is 12.3 Å². The van der Waals surface area contributed by atoms with Crippen LogP contribution >= 0.6 is 0 Å². The zero-order valence-electron chi connectivity index (χ0n) is 24.2. The van der Waals surface area contributed by atoms with Crippen LogP contribution in [0, 0.1) is 28.6 Å². The molecule has 1 saturated carbocycles. The van der Waals surface area contributed by atoms with E-state index in [0.29, 0.717) is 23.9 Å². The maximum atomic E-state index is 12.5.